The number of sulfonamides is 1. The number of methoxy groups -OCH3 is 1. The molecule has 12 heteroatoms. The van der Waals surface area contributed by atoms with E-state index in [1.807, 2.05) is 4.72 Å². The normalized spacial score (nSPS) is 11.5. The van der Waals surface area contributed by atoms with Crippen LogP contribution in [0.3, 0.4) is 0 Å². The second-order valence-electron chi connectivity index (χ2n) is 8.73. The van der Waals surface area contributed by atoms with E-state index in [0.717, 1.165) is 18.2 Å². The van der Waals surface area contributed by atoms with Gasteiger partial charge in [0.1, 0.15) is 23.1 Å². The molecule has 2 aromatic heterocycles. The number of aromatic nitrogens is 2. The van der Waals surface area contributed by atoms with Crippen molar-refractivity contribution in [1.29, 1.82) is 0 Å². The number of pyridine rings is 1. The van der Waals surface area contributed by atoms with Crippen molar-refractivity contribution >= 4 is 38.4 Å². The Hall–Kier alpha value is -4.48. The Morgan fingerprint density at radius 1 is 1.05 bits per heavy atom. The van der Waals surface area contributed by atoms with Crippen LogP contribution in [0.4, 0.5) is 8.78 Å². The van der Waals surface area contributed by atoms with Crippen LogP contribution < -0.4 is 15.0 Å². The van der Waals surface area contributed by atoms with Gasteiger partial charge in [0.25, 0.3) is 21.5 Å². The fourth-order valence-corrected chi connectivity index (χ4v) is 5.56. The highest BCUT2D eigenvalue weighted by Gasteiger charge is 2.29. The van der Waals surface area contributed by atoms with Gasteiger partial charge in [-0.25, -0.2) is 21.9 Å². The molecule has 5 aromatic rings. The topological polar surface area (TPSA) is 110 Å². The van der Waals surface area contributed by atoms with Gasteiger partial charge in [-0.3, -0.25) is 9.59 Å². The third kappa shape index (κ3) is 5.08. The van der Waals surface area contributed by atoms with Crippen molar-refractivity contribution in [2.75, 3.05) is 7.11 Å². The Balaban J connectivity index is 1.75. The van der Waals surface area contributed by atoms with E-state index in [4.69, 9.17) is 16.3 Å². The summed E-state index contributed by atoms with van der Waals surface area (Å²) in [6.45, 7) is -0.363. The van der Waals surface area contributed by atoms with Gasteiger partial charge in [0.15, 0.2) is 0 Å². The van der Waals surface area contributed by atoms with E-state index in [1.165, 1.54) is 66.4 Å². The number of carbonyl (C=O) groups is 1. The minimum absolute atomic E-state index is 0.0419. The highest BCUT2D eigenvalue weighted by Crippen LogP contribution is 2.36. The van der Waals surface area contributed by atoms with Gasteiger partial charge in [0, 0.05) is 38.8 Å². The zero-order valence-corrected chi connectivity index (χ0v) is 22.3. The first kappa shape index (κ1) is 27.1. The highest BCUT2D eigenvalue weighted by atomic mass is 35.5. The maximum absolute atomic E-state index is 14.7. The molecule has 0 fully saturated rings. The minimum atomic E-state index is -4.41. The number of halogens is 3. The van der Waals surface area contributed by atoms with Gasteiger partial charge >= 0.3 is 0 Å². The smallest absolute Gasteiger partial charge is 0.282 e. The van der Waals surface area contributed by atoms with Crippen LogP contribution in [-0.2, 0) is 16.6 Å². The summed E-state index contributed by atoms with van der Waals surface area (Å²) in [5.74, 6) is -2.14. The minimum Gasteiger partial charge on any atom is -0.497 e. The van der Waals surface area contributed by atoms with Crippen molar-refractivity contribution in [3.05, 3.63) is 117 Å². The lowest BCUT2D eigenvalue weighted by atomic mass is 10.0. The van der Waals surface area contributed by atoms with Crippen LogP contribution in [0.1, 0.15) is 16.1 Å². The molecule has 1 amide bonds. The van der Waals surface area contributed by atoms with Gasteiger partial charge in [-0.1, -0.05) is 11.6 Å². The molecule has 3 aromatic carbocycles. The number of aromatic amines is 1. The molecule has 2 heterocycles. The van der Waals surface area contributed by atoms with Crippen LogP contribution in [0.5, 0.6) is 5.75 Å². The standard InChI is InChI=1S/C28H20ClF2N3O5S/c1-39-19-6-8-20(9-7-19)40(37,38)33-28(36)26-25(21-3-2-12-32-27(21)35)22-14-17(29)4-11-24(22)34(26)15-16-13-18(30)5-10-23(16)31/h2-14H,15H2,1H3,(H,32,35)(H,33,36). The van der Waals surface area contributed by atoms with Gasteiger partial charge in [-0.2, -0.15) is 0 Å². The summed E-state index contributed by atoms with van der Waals surface area (Å²) in [4.78, 5) is 29.0. The summed E-state index contributed by atoms with van der Waals surface area (Å²) in [7, 11) is -2.99. The number of nitrogens with one attached hydrogen (secondary N) is 2. The highest BCUT2D eigenvalue weighted by molar-refractivity contribution is 7.90. The summed E-state index contributed by atoms with van der Waals surface area (Å²) in [6, 6.07) is 15.8. The van der Waals surface area contributed by atoms with Crippen molar-refractivity contribution in [2.24, 2.45) is 0 Å². The molecule has 0 aliphatic carbocycles. The number of hydrogen-bond donors (Lipinski definition) is 2. The molecule has 204 valence electrons. The third-order valence-electron chi connectivity index (χ3n) is 6.26. The number of H-pyrrole nitrogens is 1. The van der Waals surface area contributed by atoms with E-state index in [1.54, 1.807) is 6.07 Å². The van der Waals surface area contributed by atoms with Crippen molar-refractivity contribution in [1.82, 2.24) is 14.3 Å². The maximum Gasteiger partial charge on any atom is 0.282 e. The van der Waals surface area contributed by atoms with Gasteiger partial charge in [0.05, 0.1) is 18.6 Å². The molecule has 0 spiro atoms. The summed E-state index contributed by atoms with van der Waals surface area (Å²) < 4.78 is 63.6. The summed E-state index contributed by atoms with van der Waals surface area (Å²) in [6.07, 6.45) is 1.40. The second kappa shape index (κ2) is 10.6. The number of amides is 1. The number of ether oxygens (including phenoxy) is 1. The van der Waals surface area contributed by atoms with Crippen molar-refractivity contribution in [3.8, 4) is 16.9 Å². The largest absolute Gasteiger partial charge is 0.497 e. The van der Waals surface area contributed by atoms with E-state index in [9.17, 15) is 26.8 Å². The molecule has 0 bridgehead atoms. The number of nitrogens with zero attached hydrogens (tertiary/aromatic N) is 1. The molecule has 5 rings (SSSR count). The quantitative estimate of drug-likeness (QED) is 0.277. The van der Waals surface area contributed by atoms with E-state index >= 15 is 0 Å². The van der Waals surface area contributed by atoms with Crippen molar-refractivity contribution < 1.29 is 26.7 Å². The molecule has 40 heavy (non-hydrogen) atoms. The molecule has 0 unspecified atom stereocenters. The van der Waals surface area contributed by atoms with E-state index in [2.05, 4.69) is 4.98 Å². The van der Waals surface area contributed by atoms with Gasteiger partial charge in [-0.05, 0) is 72.8 Å². The molecule has 2 N–H and O–H groups in total. The van der Waals surface area contributed by atoms with Crippen LogP contribution in [0.2, 0.25) is 5.02 Å². The molecule has 0 atom stereocenters. The fourth-order valence-electron chi connectivity index (χ4n) is 4.44. The predicted octanol–water partition coefficient (Wildman–Crippen LogP) is 5.10. The van der Waals surface area contributed by atoms with Crippen molar-refractivity contribution in [3.63, 3.8) is 0 Å². The molecule has 0 radical (unpaired) electrons. The average molecular weight is 584 g/mol. The van der Waals surface area contributed by atoms with Crippen LogP contribution in [0, 0.1) is 11.6 Å². The average Bonchev–Trinajstić information content (AvgIpc) is 3.23. The Morgan fingerprint density at radius 2 is 1.80 bits per heavy atom. The number of carbonyl (C=O) groups excluding carboxylic acids is 1. The summed E-state index contributed by atoms with van der Waals surface area (Å²) in [5.41, 5.74) is -0.496. The maximum atomic E-state index is 14.7. The lowest BCUT2D eigenvalue weighted by Crippen LogP contribution is -2.33. The molecule has 0 saturated heterocycles. The first-order chi connectivity index (χ1) is 19.1. The van der Waals surface area contributed by atoms with E-state index in [0.29, 0.717) is 16.7 Å². The Bertz CT molecular complexity index is 1940. The second-order valence-corrected chi connectivity index (χ2v) is 10.8. The SMILES string of the molecule is COc1ccc(S(=O)(=O)NC(=O)c2c(-c3ccc[nH]c3=O)c3cc(Cl)ccc3n2Cc2cc(F)ccc2F)cc1. The Kier molecular flexibility index (Phi) is 7.17. The van der Waals surface area contributed by atoms with Gasteiger partial charge < -0.3 is 14.3 Å². The van der Waals surface area contributed by atoms with Crippen LogP contribution >= 0.6 is 11.6 Å². The number of hydrogen-bond acceptors (Lipinski definition) is 5. The summed E-state index contributed by atoms with van der Waals surface area (Å²) >= 11 is 6.27. The number of rotatable bonds is 7. The monoisotopic (exact) mass is 583 g/mol. The Labute approximate surface area is 231 Å². The lowest BCUT2D eigenvalue weighted by Gasteiger charge is -2.14. The molecule has 0 aliphatic rings. The first-order valence-electron chi connectivity index (χ1n) is 11.7. The fraction of sp³-hybridized carbons (Fsp3) is 0.0714. The first-order valence-corrected chi connectivity index (χ1v) is 13.6. The molecule has 0 saturated carbocycles. The zero-order valence-electron chi connectivity index (χ0n) is 20.7. The van der Waals surface area contributed by atoms with Crippen LogP contribution in [-0.4, -0.2) is 31.0 Å². The molecular formula is C28H20ClF2N3O5S. The summed E-state index contributed by atoms with van der Waals surface area (Å²) in [5, 5.41) is 0.598. The third-order valence-corrected chi connectivity index (χ3v) is 7.84. The van der Waals surface area contributed by atoms with Gasteiger partial charge in [-0.15, -0.1) is 0 Å². The van der Waals surface area contributed by atoms with Crippen molar-refractivity contribution in [2.45, 2.75) is 11.4 Å². The van der Waals surface area contributed by atoms with E-state index in [-0.39, 0.29) is 38.8 Å². The lowest BCUT2D eigenvalue weighted by molar-refractivity contribution is 0.0974. The zero-order chi connectivity index (χ0) is 28.6. The van der Waals surface area contributed by atoms with Gasteiger partial charge in [0.2, 0.25) is 0 Å². The molecular weight excluding hydrogens is 564 g/mol. The number of fused-ring (bicyclic) bond motifs is 1. The van der Waals surface area contributed by atoms with Crippen LogP contribution in [0.15, 0.2) is 88.7 Å². The molecule has 8 nitrogen and oxygen atoms in total. The Morgan fingerprint density at radius 3 is 2.50 bits per heavy atom. The molecule has 0 aliphatic heterocycles. The van der Waals surface area contributed by atoms with Crippen LogP contribution in [0.25, 0.3) is 22.0 Å². The number of benzene rings is 3. The van der Waals surface area contributed by atoms with E-state index < -0.39 is 33.1 Å². The predicted molar refractivity (Wildman–Crippen MR) is 146 cm³/mol.